The van der Waals surface area contributed by atoms with Crippen molar-refractivity contribution in [3.05, 3.63) is 49.9 Å². The van der Waals surface area contributed by atoms with Crippen molar-refractivity contribution in [3.8, 4) is 0 Å². The zero-order valence-corrected chi connectivity index (χ0v) is 12.2. The first-order valence-corrected chi connectivity index (χ1v) is 7.17. The first-order valence-electron chi connectivity index (χ1n) is 5.56. The number of aromatic nitrogens is 1. The monoisotopic (exact) mass is 325 g/mol. The van der Waals surface area contributed by atoms with Crippen molar-refractivity contribution in [1.29, 1.82) is 0 Å². The molecule has 3 nitrogen and oxygen atoms in total. The maximum atomic E-state index is 11.2. The molecular formula is C13H12BrNO2S. The lowest BCUT2D eigenvalue weighted by Gasteiger charge is -2.00. The van der Waals surface area contributed by atoms with E-state index < -0.39 is 5.97 Å². The lowest BCUT2D eigenvalue weighted by atomic mass is 10.1. The molecule has 18 heavy (non-hydrogen) atoms. The van der Waals surface area contributed by atoms with E-state index in [0.29, 0.717) is 17.0 Å². The lowest BCUT2D eigenvalue weighted by Crippen LogP contribution is -2.00. The Morgan fingerprint density at radius 1 is 1.50 bits per heavy atom. The summed E-state index contributed by atoms with van der Waals surface area (Å²) in [5.41, 5.74) is 1.71. The fraction of sp³-hybridized carbons (Fsp3) is 0.231. The molecule has 0 saturated carbocycles. The lowest BCUT2D eigenvalue weighted by molar-refractivity contribution is 0.0701. The number of benzene rings is 1. The van der Waals surface area contributed by atoms with Crippen LogP contribution in [-0.2, 0) is 12.8 Å². The topological polar surface area (TPSA) is 50.2 Å². The molecule has 0 aliphatic carbocycles. The third kappa shape index (κ3) is 2.97. The third-order valence-electron chi connectivity index (χ3n) is 2.50. The van der Waals surface area contributed by atoms with Crippen molar-refractivity contribution < 1.29 is 9.90 Å². The largest absolute Gasteiger partial charge is 0.477 e. The highest BCUT2D eigenvalue weighted by Gasteiger charge is 2.16. The third-order valence-corrected chi connectivity index (χ3v) is 4.22. The second-order valence-electron chi connectivity index (χ2n) is 3.85. The maximum absolute atomic E-state index is 11.2. The van der Waals surface area contributed by atoms with Gasteiger partial charge in [-0.15, -0.1) is 11.3 Å². The highest BCUT2D eigenvalue weighted by atomic mass is 79.9. The minimum Gasteiger partial charge on any atom is -0.477 e. The molecule has 1 aromatic carbocycles. The summed E-state index contributed by atoms with van der Waals surface area (Å²) < 4.78 is 0.989. The molecule has 0 bridgehead atoms. The molecule has 1 aromatic heterocycles. The standard InChI is InChI=1S/C13H12BrNO2S/c1-2-11-15-10(12(18-11)13(16)17)7-8-4-3-5-9(14)6-8/h3-6H,2,7H2,1H3,(H,16,17). The van der Waals surface area contributed by atoms with Gasteiger partial charge < -0.3 is 5.11 Å². The van der Waals surface area contributed by atoms with Crippen LogP contribution < -0.4 is 0 Å². The molecule has 2 aromatic rings. The van der Waals surface area contributed by atoms with E-state index in [2.05, 4.69) is 20.9 Å². The Labute approximate surface area is 118 Å². The normalized spacial score (nSPS) is 10.6. The van der Waals surface area contributed by atoms with Gasteiger partial charge in [0.1, 0.15) is 4.88 Å². The van der Waals surface area contributed by atoms with Gasteiger partial charge in [0.2, 0.25) is 0 Å². The summed E-state index contributed by atoms with van der Waals surface area (Å²) in [6, 6.07) is 7.84. The van der Waals surface area contributed by atoms with Gasteiger partial charge in [-0.25, -0.2) is 9.78 Å². The minimum absolute atomic E-state index is 0.354. The fourth-order valence-electron chi connectivity index (χ4n) is 1.68. The summed E-state index contributed by atoms with van der Waals surface area (Å²) in [5.74, 6) is -0.891. The van der Waals surface area contributed by atoms with Crippen molar-refractivity contribution in [2.45, 2.75) is 19.8 Å². The van der Waals surface area contributed by atoms with Gasteiger partial charge in [0, 0.05) is 10.9 Å². The Hall–Kier alpha value is -1.20. The highest BCUT2D eigenvalue weighted by Crippen LogP contribution is 2.23. The molecule has 0 aliphatic rings. The van der Waals surface area contributed by atoms with Gasteiger partial charge in [-0.2, -0.15) is 0 Å². The van der Waals surface area contributed by atoms with Crippen LogP contribution in [0.15, 0.2) is 28.7 Å². The van der Waals surface area contributed by atoms with Crippen molar-refractivity contribution >= 4 is 33.2 Å². The van der Waals surface area contributed by atoms with Crippen LogP contribution in [0.3, 0.4) is 0 Å². The van der Waals surface area contributed by atoms with Crippen LogP contribution >= 0.6 is 27.3 Å². The zero-order chi connectivity index (χ0) is 13.1. The van der Waals surface area contributed by atoms with E-state index in [1.807, 2.05) is 31.2 Å². The fourth-order valence-corrected chi connectivity index (χ4v) is 2.98. The van der Waals surface area contributed by atoms with Crippen LogP contribution in [0.1, 0.15) is 32.9 Å². The smallest absolute Gasteiger partial charge is 0.347 e. The van der Waals surface area contributed by atoms with Crippen LogP contribution in [0.4, 0.5) is 0 Å². The molecule has 94 valence electrons. The molecule has 0 unspecified atom stereocenters. The van der Waals surface area contributed by atoms with E-state index >= 15 is 0 Å². The van der Waals surface area contributed by atoms with Gasteiger partial charge in [0.25, 0.3) is 0 Å². The summed E-state index contributed by atoms with van der Waals surface area (Å²) in [4.78, 5) is 15.9. The average molecular weight is 326 g/mol. The Morgan fingerprint density at radius 3 is 2.89 bits per heavy atom. The number of halogens is 1. The van der Waals surface area contributed by atoms with Crippen molar-refractivity contribution in [2.24, 2.45) is 0 Å². The van der Waals surface area contributed by atoms with E-state index in [4.69, 9.17) is 5.11 Å². The number of nitrogens with zero attached hydrogens (tertiary/aromatic N) is 1. The van der Waals surface area contributed by atoms with E-state index in [0.717, 1.165) is 21.5 Å². The van der Waals surface area contributed by atoms with Gasteiger partial charge in [0.05, 0.1) is 10.7 Å². The number of hydrogen-bond donors (Lipinski definition) is 1. The zero-order valence-electron chi connectivity index (χ0n) is 9.81. The number of rotatable bonds is 4. The van der Waals surface area contributed by atoms with Crippen molar-refractivity contribution in [1.82, 2.24) is 4.98 Å². The average Bonchev–Trinajstić information content (AvgIpc) is 2.72. The molecule has 2 rings (SSSR count). The van der Waals surface area contributed by atoms with Gasteiger partial charge in [-0.05, 0) is 24.1 Å². The summed E-state index contributed by atoms with van der Waals surface area (Å²) in [5, 5.41) is 10.0. The second-order valence-corrected chi connectivity index (χ2v) is 5.85. The van der Waals surface area contributed by atoms with Crippen LogP contribution in [0, 0.1) is 0 Å². The highest BCUT2D eigenvalue weighted by molar-refractivity contribution is 9.10. The molecule has 0 amide bonds. The minimum atomic E-state index is -0.891. The molecule has 1 heterocycles. The summed E-state index contributed by atoms with van der Waals surface area (Å²) >= 11 is 4.68. The first kappa shape index (κ1) is 13.2. The van der Waals surface area contributed by atoms with Gasteiger partial charge in [0.15, 0.2) is 0 Å². The number of aryl methyl sites for hydroxylation is 1. The van der Waals surface area contributed by atoms with E-state index in [-0.39, 0.29) is 0 Å². The predicted octanol–water partition coefficient (Wildman–Crippen LogP) is 3.76. The predicted molar refractivity (Wildman–Crippen MR) is 75.4 cm³/mol. The summed E-state index contributed by atoms with van der Waals surface area (Å²) in [6.45, 7) is 1.98. The van der Waals surface area contributed by atoms with E-state index in [9.17, 15) is 4.79 Å². The van der Waals surface area contributed by atoms with Crippen LogP contribution in [0.2, 0.25) is 0 Å². The molecular weight excluding hydrogens is 314 g/mol. The van der Waals surface area contributed by atoms with Crippen molar-refractivity contribution in [2.75, 3.05) is 0 Å². The molecule has 1 N–H and O–H groups in total. The molecule has 0 spiro atoms. The maximum Gasteiger partial charge on any atom is 0.347 e. The van der Waals surface area contributed by atoms with Crippen LogP contribution in [0.5, 0.6) is 0 Å². The second kappa shape index (κ2) is 5.63. The Bertz CT molecular complexity index is 580. The Kier molecular flexibility index (Phi) is 4.14. The first-order chi connectivity index (χ1) is 8.60. The van der Waals surface area contributed by atoms with Gasteiger partial charge in [-0.1, -0.05) is 35.0 Å². The number of hydrogen-bond acceptors (Lipinski definition) is 3. The Balaban J connectivity index is 2.33. The molecule has 0 saturated heterocycles. The number of carboxylic acids is 1. The molecule has 5 heteroatoms. The van der Waals surface area contributed by atoms with E-state index in [1.165, 1.54) is 11.3 Å². The number of carboxylic acid groups (broad SMARTS) is 1. The van der Waals surface area contributed by atoms with Gasteiger partial charge in [-0.3, -0.25) is 0 Å². The molecule has 0 aliphatic heterocycles. The molecule has 0 radical (unpaired) electrons. The Morgan fingerprint density at radius 2 is 2.28 bits per heavy atom. The van der Waals surface area contributed by atoms with Crippen molar-refractivity contribution in [3.63, 3.8) is 0 Å². The van der Waals surface area contributed by atoms with Gasteiger partial charge >= 0.3 is 5.97 Å². The number of aromatic carboxylic acids is 1. The van der Waals surface area contributed by atoms with Crippen LogP contribution in [0.25, 0.3) is 0 Å². The number of carbonyl (C=O) groups is 1. The number of thiazole rings is 1. The SMILES string of the molecule is CCc1nc(Cc2cccc(Br)c2)c(C(=O)O)s1. The summed E-state index contributed by atoms with van der Waals surface area (Å²) in [7, 11) is 0. The molecule has 0 fully saturated rings. The summed E-state index contributed by atoms with van der Waals surface area (Å²) in [6.07, 6.45) is 1.32. The van der Waals surface area contributed by atoms with Crippen LogP contribution in [-0.4, -0.2) is 16.1 Å². The molecule has 0 atom stereocenters. The quantitative estimate of drug-likeness (QED) is 0.931. The van der Waals surface area contributed by atoms with E-state index in [1.54, 1.807) is 0 Å².